The number of amides is 3. The Balaban J connectivity index is 1.47. The first-order valence-corrected chi connectivity index (χ1v) is 7.99. The van der Waals surface area contributed by atoms with Gasteiger partial charge in [-0.2, -0.15) is 0 Å². The molecule has 6 heteroatoms. The summed E-state index contributed by atoms with van der Waals surface area (Å²) in [6, 6.07) is 6.36. The highest BCUT2D eigenvalue weighted by molar-refractivity contribution is 6.09. The number of phenolic OH excluding ortho intramolecular Hbond substituents is 1. The summed E-state index contributed by atoms with van der Waals surface area (Å²) in [5, 5.41) is 12.2. The van der Waals surface area contributed by atoms with Crippen LogP contribution in [0, 0.1) is 23.7 Å². The minimum absolute atomic E-state index is 0.0464. The molecule has 0 radical (unpaired) electrons. The second-order valence-corrected chi connectivity index (χ2v) is 6.71. The normalized spacial score (nSPS) is 31.6. The first kappa shape index (κ1) is 14.2. The first-order chi connectivity index (χ1) is 11.1. The van der Waals surface area contributed by atoms with Crippen LogP contribution in [0.25, 0.3) is 0 Å². The van der Waals surface area contributed by atoms with Gasteiger partial charge in [0.1, 0.15) is 12.3 Å². The first-order valence-electron chi connectivity index (χ1n) is 7.99. The number of nitrogens with one attached hydrogen (secondary N) is 1. The monoisotopic (exact) mass is 314 g/mol. The van der Waals surface area contributed by atoms with Crippen molar-refractivity contribution in [1.82, 2.24) is 4.90 Å². The lowest BCUT2D eigenvalue weighted by Crippen LogP contribution is -2.39. The van der Waals surface area contributed by atoms with Gasteiger partial charge in [0.05, 0.1) is 17.5 Å². The summed E-state index contributed by atoms with van der Waals surface area (Å²) >= 11 is 0. The molecule has 3 amide bonds. The quantitative estimate of drug-likeness (QED) is 0.651. The number of phenols is 1. The zero-order valence-corrected chi connectivity index (χ0v) is 12.6. The highest BCUT2D eigenvalue weighted by atomic mass is 16.3. The van der Waals surface area contributed by atoms with E-state index in [0.717, 1.165) is 24.2 Å². The van der Waals surface area contributed by atoms with Gasteiger partial charge in [0, 0.05) is 0 Å². The minimum Gasteiger partial charge on any atom is -0.506 e. The third kappa shape index (κ3) is 2.12. The number of hydrogen-bond donors (Lipinski definition) is 2. The number of hydrogen-bond acceptors (Lipinski definition) is 4. The van der Waals surface area contributed by atoms with Crippen LogP contribution in [0.3, 0.4) is 0 Å². The van der Waals surface area contributed by atoms with Gasteiger partial charge in [-0.15, -0.1) is 0 Å². The van der Waals surface area contributed by atoms with E-state index in [1.165, 1.54) is 6.07 Å². The van der Waals surface area contributed by atoms with Gasteiger partial charge in [0.15, 0.2) is 0 Å². The Bertz CT molecular complexity index is 674. The molecule has 6 nitrogen and oxygen atoms in total. The molecule has 0 aromatic heterocycles. The highest BCUT2D eigenvalue weighted by Crippen LogP contribution is 2.56. The number of fused-ring (bicyclic) bond motifs is 5. The molecule has 1 saturated heterocycles. The summed E-state index contributed by atoms with van der Waals surface area (Å²) in [4.78, 5) is 38.3. The summed E-state index contributed by atoms with van der Waals surface area (Å²) in [5.41, 5.74) is 0.275. The molecular formula is C17H18N2O4. The predicted molar refractivity (Wildman–Crippen MR) is 81.3 cm³/mol. The summed E-state index contributed by atoms with van der Waals surface area (Å²) < 4.78 is 0. The van der Waals surface area contributed by atoms with Crippen molar-refractivity contribution in [2.75, 3.05) is 11.9 Å². The fourth-order valence-electron chi connectivity index (χ4n) is 4.54. The molecular weight excluding hydrogens is 296 g/mol. The largest absolute Gasteiger partial charge is 0.506 e. The van der Waals surface area contributed by atoms with Crippen LogP contribution in [0.4, 0.5) is 5.69 Å². The molecule has 120 valence electrons. The van der Waals surface area contributed by atoms with E-state index in [4.69, 9.17) is 0 Å². The number of carbonyl (C=O) groups excluding carboxylic acids is 3. The van der Waals surface area contributed by atoms with E-state index >= 15 is 0 Å². The Morgan fingerprint density at radius 2 is 1.74 bits per heavy atom. The number of rotatable bonds is 3. The Kier molecular flexibility index (Phi) is 3.14. The van der Waals surface area contributed by atoms with E-state index in [-0.39, 0.29) is 41.6 Å². The van der Waals surface area contributed by atoms with Crippen molar-refractivity contribution in [3.8, 4) is 5.75 Å². The summed E-state index contributed by atoms with van der Waals surface area (Å²) in [6.07, 6.45) is 3.01. The fourth-order valence-corrected chi connectivity index (χ4v) is 4.54. The molecule has 1 aromatic rings. The number of likely N-dealkylation sites (tertiary alicyclic amines) is 1. The second-order valence-electron chi connectivity index (χ2n) is 6.71. The molecule has 0 unspecified atom stereocenters. The third-order valence-corrected chi connectivity index (χ3v) is 5.50. The minimum atomic E-state index is -0.472. The van der Waals surface area contributed by atoms with Crippen molar-refractivity contribution < 1.29 is 19.5 Å². The molecule has 2 aliphatic carbocycles. The number of imide groups is 1. The maximum Gasteiger partial charge on any atom is 0.244 e. The number of aromatic hydroxyl groups is 1. The van der Waals surface area contributed by atoms with E-state index < -0.39 is 5.91 Å². The second kappa shape index (κ2) is 5.08. The smallest absolute Gasteiger partial charge is 0.244 e. The Labute approximate surface area is 133 Å². The Morgan fingerprint density at radius 1 is 1.13 bits per heavy atom. The standard InChI is InChI=1S/C17H18N2O4/c20-12-4-2-1-3-11(12)18-13(21)8-19-16(22)14-9-5-6-10(7-9)15(14)17(19)23/h1-4,9-10,14-15,20H,5-8H2,(H,18,21)/t9-,10+,14-,15+. The van der Waals surface area contributed by atoms with E-state index in [0.29, 0.717) is 11.8 Å². The van der Waals surface area contributed by atoms with Gasteiger partial charge in [-0.1, -0.05) is 12.1 Å². The number of para-hydroxylation sites is 2. The highest BCUT2D eigenvalue weighted by Gasteiger charge is 2.60. The topological polar surface area (TPSA) is 86.7 Å². The predicted octanol–water partition coefficient (Wildman–Crippen LogP) is 1.36. The maximum absolute atomic E-state index is 12.5. The van der Waals surface area contributed by atoms with Gasteiger partial charge in [-0.3, -0.25) is 19.3 Å². The van der Waals surface area contributed by atoms with Crippen LogP contribution in [0.2, 0.25) is 0 Å². The fraction of sp³-hybridized carbons (Fsp3) is 0.471. The van der Waals surface area contributed by atoms with Crippen LogP contribution in [-0.4, -0.2) is 34.3 Å². The zero-order valence-electron chi connectivity index (χ0n) is 12.6. The molecule has 2 N–H and O–H groups in total. The van der Waals surface area contributed by atoms with Gasteiger partial charge in [-0.05, 0) is 43.2 Å². The number of nitrogens with zero attached hydrogens (tertiary/aromatic N) is 1. The van der Waals surface area contributed by atoms with Gasteiger partial charge >= 0.3 is 0 Å². The molecule has 3 fully saturated rings. The van der Waals surface area contributed by atoms with Crippen molar-refractivity contribution in [3.05, 3.63) is 24.3 Å². The number of benzene rings is 1. The lowest BCUT2D eigenvalue weighted by atomic mass is 9.81. The SMILES string of the molecule is O=C(CN1C(=O)[C@@H]2[C@@H]3CC[C@@H](C3)[C@@H]2C1=O)Nc1ccccc1O. The van der Waals surface area contributed by atoms with Crippen LogP contribution in [0.15, 0.2) is 24.3 Å². The molecule has 4 rings (SSSR count). The molecule has 0 spiro atoms. The molecule has 1 aliphatic heterocycles. The zero-order chi connectivity index (χ0) is 16.1. The van der Waals surface area contributed by atoms with Crippen molar-refractivity contribution in [1.29, 1.82) is 0 Å². The Hall–Kier alpha value is -2.37. The van der Waals surface area contributed by atoms with E-state index in [9.17, 15) is 19.5 Å². The molecule has 2 bridgehead atoms. The molecule has 23 heavy (non-hydrogen) atoms. The lowest BCUT2D eigenvalue weighted by molar-refractivity contribution is -0.143. The van der Waals surface area contributed by atoms with Gasteiger partial charge in [0.2, 0.25) is 17.7 Å². The van der Waals surface area contributed by atoms with Crippen LogP contribution in [0.1, 0.15) is 19.3 Å². The van der Waals surface area contributed by atoms with Crippen LogP contribution < -0.4 is 5.32 Å². The van der Waals surface area contributed by atoms with Crippen molar-refractivity contribution in [2.24, 2.45) is 23.7 Å². The molecule has 1 heterocycles. The number of anilines is 1. The van der Waals surface area contributed by atoms with Crippen LogP contribution >= 0.6 is 0 Å². The number of carbonyl (C=O) groups is 3. The summed E-state index contributed by atoms with van der Waals surface area (Å²) in [7, 11) is 0. The maximum atomic E-state index is 12.5. The summed E-state index contributed by atoms with van der Waals surface area (Å²) in [6.45, 7) is -0.279. The van der Waals surface area contributed by atoms with E-state index in [1.54, 1.807) is 18.2 Å². The van der Waals surface area contributed by atoms with Crippen molar-refractivity contribution in [2.45, 2.75) is 19.3 Å². The molecule has 3 aliphatic rings. The molecule has 2 saturated carbocycles. The average Bonchev–Trinajstić information content (AvgIpc) is 3.19. The van der Waals surface area contributed by atoms with E-state index in [1.807, 2.05) is 0 Å². The van der Waals surface area contributed by atoms with E-state index in [2.05, 4.69) is 5.32 Å². The van der Waals surface area contributed by atoms with Crippen molar-refractivity contribution in [3.63, 3.8) is 0 Å². The third-order valence-electron chi connectivity index (χ3n) is 5.50. The average molecular weight is 314 g/mol. The van der Waals surface area contributed by atoms with Gasteiger partial charge < -0.3 is 10.4 Å². The summed E-state index contributed by atoms with van der Waals surface area (Å²) in [5.74, 6) is -0.701. The molecule has 4 atom stereocenters. The van der Waals surface area contributed by atoms with Crippen molar-refractivity contribution >= 4 is 23.4 Å². The molecule has 1 aromatic carbocycles. The van der Waals surface area contributed by atoms with Gasteiger partial charge in [-0.25, -0.2) is 0 Å². The van der Waals surface area contributed by atoms with Crippen LogP contribution in [0.5, 0.6) is 5.75 Å². The van der Waals surface area contributed by atoms with Gasteiger partial charge in [0.25, 0.3) is 0 Å². The van der Waals surface area contributed by atoms with Crippen LogP contribution in [-0.2, 0) is 14.4 Å². The Morgan fingerprint density at radius 3 is 2.35 bits per heavy atom. The lowest BCUT2D eigenvalue weighted by Gasteiger charge is -2.19.